The molecule has 37 heavy (non-hydrogen) atoms. The number of hydrogen-bond donors (Lipinski definition) is 3. The highest BCUT2D eigenvalue weighted by atomic mass is 19.2. The van der Waals surface area contributed by atoms with E-state index in [1.54, 1.807) is 12.3 Å². The monoisotopic (exact) mass is 509 g/mol. The van der Waals surface area contributed by atoms with Crippen LogP contribution in [0.1, 0.15) is 36.0 Å². The van der Waals surface area contributed by atoms with Gasteiger partial charge in [-0.2, -0.15) is 9.49 Å². The standard InChI is InChI=1S/C27H33F2N7O/c1-17-6-7-18(2)20(14-17)19-15-21(26(30)33-16-19)27(34-31)36(32)22-8-9-23(25(29)24(22)28)37-13-12-35-10-4-3-5-11-35/h6-9,14-16H,3-5,10-13,31-32H2,1-2H3,(H2,30,33)/b34-27-. The third-order valence-corrected chi connectivity index (χ3v) is 6.61. The van der Waals surface area contributed by atoms with Crippen LogP contribution in [-0.4, -0.2) is 42.0 Å². The van der Waals surface area contributed by atoms with Crippen molar-refractivity contribution in [3.8, 4) is 16.9 Å². The first kappa shape index (κ1) is 26.3. The molecule has 8 nitrogen and oxygen atoms in total. The third-order valence-electron chi connectivity index (χ3n) is 6.61. The lowest BCUT2D eigenvalue weighted by Crippen LogP contribution is -2.40. The normalized spacial score (nSPS) is 14.6. The Morgan fingerprint density at radius 1 is 1.08 bits per heavy atom. The number of likely N-dealkylation sites (tertiary alicyclic amines) is 1. The van der Waals surface area contributed by atoms with Crippen molar-refractivity contribution in [2.75, 3.05) is 37.0 Å². The number of rotatable bonds is 7. The lowest BCUT2D eigenvalue weighted by atomic mass is 9.98. The Morgan fingerprint density at radius 2 is 1.84 bits per heavy atom. The Bertz CT molecular complexity index is 1290. The van der Waals surface area contributed by atoms with Gasteiger partial charge in [0, 0.05) is 18.3 Å². The summed E-state index contributed by atoms with van der Waals surface area (Å²) in [4.78, 5) is 6.52. The highest BCUT2D eigenvalue weighted by Crippen LogP contribution is 2.31. The van der Waals surface area contributed by atoms with Gasteiger partial charge in [-0.15, -0.1) is 0 Å². The smallest absolute Gasteiger partial charge is 0.202 e. The zero-order chi connectivity index (χ0) is 26.5. The van der Waals surface area contributed by atoms with E-state index in [1.165, 1.54) is 18.6 Å². The van der Waals surface area contributed by atoms with E-state index in [9.17, 15) is 4.39 Å². The molecular formula is C27H33F2N7O. The molecule has 1 fully saturated rings. The molecule has 0 radical (unpaired) electrons. The Kier molecular flexibility index (Phi) is 8.20. The van der Waals surface area contributed by atoms with Crippen LogP contribution >= 0.6 is 0 Å². The Balaban J connectivity index is 1.57. The van der Waals surface area contributed by atoms with Gasteiger partial charge in [0.15, 0.2) is 17.4 Å². The fraction of sp³-hybridized carbons (Fsp3) is 0.333. The van der Waals surface area contributed by atoms with Crippen LogP contribution < -0.4 is 27.2 Å². The number of amidine groups is 1. The molecule has 0 atom stereocenters. The zero-order valence-corrected chi connectivity index (χ0v) is 21.2. The van der Waals surface area contributed by atoms with Crippen molar-refractivity contribution < 1.29 is 13.5 Å². The second-order valence-electron chi connectivity index (χ2n) is 9.26. The van der Waals surface area contributed by atoms with Gasteiger partial charge < -0.3 is 16.3 Å². The van der Waals surface area contributed by atoms with Crippen molar-refractivity contribution in [1.82, 2.24) is 9.88 Å². The predicted octanol–water partition coefficient (Wildman–Crippen LogP) is 4.09. The summed E-state index contributed by atoms with van der Waals surface area (Å²) in [5.74, 6) is 9.35. The first-order chi connectivity index (χ1) is 17.8. The quantitative estimate of drug-likeness (QED) is 0.190. The van der Waals surface area contributed by atoms with Crippen LogP contribution in [0.5, 0.6) is 5.75 Å². The fourth-order valence-electron chi connectivity index (χ4n) is 4.51. The van der Waals surface area contributed by atoms with Crippen molar-refractivity contribution in [2.24, 2.45) is 16.8 Å². The Morgan fingerprint density at radius 3 is 2.57 bits per heavy atom. The summed E-state index contributed by atoms with van der Waals surface area (Å²) in [6.45, 7) is 6.85. The average molecular weight is 510 g/mol. The van der Waals surface area contributed by atoms with Gasteiger partial charge in [-0.3, -0.25) is 9.91 Å². The number of ether oxygens (including phenoxy) is 1. The number of anilines is 2. The van der Waals surface area contributed by atoms with Gasteiger partial charge in [-0.05, 0) is 69.1 Å². The number of hydrazone groups is 1. The molecule has 10 heteroatoms. The number of hydrogen-bond acceptors (Lipinski definition) is 7. The molecule has 196 valence electrons. The maximum absolute atomic E-state index is 15.1. The number of pyridine rings is 1. The zero-order valence-electron chi connectivity index (χ0n) is 21.2. The van der Waals surface area contributed by atoms with E-state index in [-0.39, 0.29) is 35.3 Å². The number of nitrogens with zero attached hydrogens (tertiary/aromatic N) is 4. The molecule has 0 saturated carbocycles. The minimum absolute atomic E-state index is 0.0748. The van der Waals surface area contributed by atoms with Crippen molar-refractivity contribution in [1.29, 1.82) is 0 Å². The molecule has 6 N–H and O–H groups in total. The summed E-state index contributed by atoms with van der Waals surface area (Å²) < 4.78 is 35.6. The molecule has 4 rings (SSSR count). The molecule has 0 bridgehead atoms. The molecule has 0 spiro atoms. The van der Waals surface area contributed by atoms with Crippen molar-refractivity contribution in [3.63, 3.8) is 0 Å². The van der Waals surface area contributed by atoms with Crippen LogP contribution in [0.25, 0.3) is 11.1 Å². The summed E-state index contributed by atoms with van der Waals surface area (Å²) in [5, 5.41) is 4.59. The second kappa shape index (κ2) is 11.5. The fourth-order valence-corrected chi connectivity index (χ4v) is 4.51. The van der Waals surface area contributed by atoms with E-state index in [0.29, 0.717) is 6.54 Å². The molecule has 3 aromatic rings. The van der Waals surface area contributed by atoms with E-state index in [4.69, 9.17) is 22.2 Å². The van der Waals surface area contributed by atoms with Crippen molar-refractivity contribution in [3.05, 3.63) is 70.9 Å². The van der Waals surface area contributed by atoms with Crippen LogP contribution in [0.4, 0.5) is 20.3 Å². The molecule has 0 amide bonds. The second-order valence-corrected chi connectivity index (χ2v) is 9.26. The van der Waals surface area contributed by atoms with E-state index in [1.807, 2.05) is 32.0 Å². The molecule has 1 aromatic heterocycles. The van der Waals surface area contributed by atoms with Gasteiger partial charge in [-0.1, -0.05) is 30.2 Å². The highest BCUT2D eigenvalue weighted by Gasteiger charge is 2.24. The van der Waals surface area contributed by atoms with Gasteiger partial charge in [-0.25, -0.2) is 15.2 Å². The number of benzene rings is 2. The summed E-state index contributed by atoms with van der Waals surface area (Å²) >= 11 is 0. The third kappa shape index (κ3) is 5.81. The van der Waals surface area contributed by atoms with E-state index in [2.05, 4.69) is 15.0 Å². The number of aryl methyl sites for hydroxylation is 2. The largest absolute Gasteiger partial charge is 0.489 e. The topological polar surface area (TPSA) is 119 Å². The van der Waals surface area contributed by atoms with Gasteiger partial charge in [0.25, 0.3) is 0 Å². The number of piperidine rings is 1. The van der Waals surface area contributed by atoms with E-state index >= 15 is 4.39 Å². The minimum Gasteiger partial charge on any atom is -0.489 e. The summed E-state index contributed by atoms with van der Waals surface area (Å²) in [6.07, 6.45) is 5.14. The van der Waals surface area contributed by atoms with Crippen molar-refractivity contribution in [2.45, 2.75) is 33.1 Å². The summed E-state index contributed by atoms with van der Waals surface area (Å²) in [5.41, 5.74) is 9.92. The molecule has 1 aliphatic rings. The van der Waals surface area contributed by atoms with E-state index < -0.39 is 11.6 Å². The van der Waals surface area contributed by atoms with Crippen molar-refractivity contribution >= 4 is 17.3 Å². The lowest BCUT2D eigenvalue weighted by molar-refractivity contribution is 0.179. The predicted molar refractivity (Wildman–Crippen MR) is 143 cm³/mol. The van der Waals surface area contributed by atoms with Gasteiger partial charge in [0.1, 0.15) is 12.4 Å². The van der Waals surface area contributed by atoms with Gasteiger partial charge in [0.2, 0.25) is 5.82 Å². The maximum atomic E-state index is 15.1. The molecule has 2 aromatic carbocycles. The van der Waals surface area contributed by atoms with Crippen LogP contribution in [-0.2, 0) is 0 Å². The molecule has 1 saturated heterocycles. The molecule has 0 aliphatic carbocycles. The van der Waals surface area contributed by atoms with E-state index in [0.717, 1.165) is 53.2 Å². The Labute approximate surface area is 215 Å². The molecule has 0 unspecified atom stereocenters. The number of nitrogens with two attached hydrogens (primary N) is 3. The number of nitrogen functional groups attached to an aromatic ring is 1. The first-order valence-corrected chi connectivity index (χ1v) is 12.3. The number of halogens is 2. The highest BCUT2D eigenvalue weighted by molar-refractivity contribution is 6.12. The minimum atomic E-state index is -1.18. The number of hydrazine groups is 1. The summed E-state index contributed by atoms with van der Waals surface area (Å²) in [7, 11) is 0. The van der Waals surface area contributed by atoms with Gasteiger partial charge >= 0.3 is 0 Å². The maximum Gasteiger partial charge on any atom is 0.202 e. The van der Waals surface area contributed by atoms with Crippen LogP contribution in [0, 0.1) is 25.5 Å². The summed E-state index contributed by atoms with van der Waals surface area (Å²) in [6, 6.07) is 10.4. The first-order valence-electron chi connectivity index (χ1n) is 12.3. The average Bonchev–Trinajstić information content (AvgIpc) is 2.90. The van der Waals surface area contributed by atoms with Gasteiger partial charge in [0.05, 0.1) is 11.3 Å². The van der Waals surface area contributed by atoms with Crippen LogP contribution in [0.15, 0.2) is 47.7 Å². The Hall–Kier alpha value is -3.76. The molecule has 2 heterocycles. The van der Waals surface area contributed by atoms with Crippen LogP contribution in [0.3, 0.4) is 0 Å². The molecular weight excluding hydrogens is 476 g/mol. The molecule has 1 aliphatic heterocycles. The lowest BCUT2D eigenvalue weighted by Gasteiger charge is -2.26. The van der Waals surface area contributed by atoms with Crippen LogP contribution in [0.2, 0.25) is 0 Å². The number of aromatic nitrogens is 1. The SMILES string of the molecule is Cc1ccc(C)c(-c2cnc(N)c(/C(=N/N)N(N)c3ccc(OCCN4CCCCC4)c(F)c3F)c2)c1.